The zero-order chi connectivity index (χ0) is 18.2. The van der Waals surface area contributed by atoms with Gasteiger partial charge >= 0.3 is 0 Å². The number of ether oxygens (including phenoxy) is 1. The Morgan fingerprint density at radius 2 is 1.96 bits per heavy atom. The summed E-state index contributed by atoms with van der Waals surface area (Å²) in [5, 5.41) is 0.977. The summed E-state index contributed by atoms with van der Waals surface area (Å²) >= 11 is 0. The second-order valence-electron chi connectivity index (χ2n) is 7.18. The van der Waals surface area contributed by atoms with Crippen LogP contribution in [0.4, 0.5) is 0 Å². The highest BCUT2D eigenvalue weighted by molar-refractivity contribution is 7.94. The molecule has 2 heterocycles. The number of hydrogen-bond acceptors (Lipinski definition) is 6. The smallest absolute Gasteiger partial charge is 0.271 e. The fourth-order valence-corrected chi connectivity index (χ4v) is 7.66. The summed E-state index contributed by atoms with van der Waals surface area (Å²) in [6.45, 7) is 4.71. The normalized spacial score (nSPS) is 32.4. The number of nitrogens with zero attached hydrogens (tertiary/aromatic N) is 1. The van der Waals surface area contributed by atoms with Gasteiger partial charge < -0.3 is 14.5 Å². The lowest BCUT2D eigenvalue weighted by atomic mass is 10.0. The fraction of sp³-hybridized carbons (Fsp3) is 0.923. The molecule has 2 fully saturated rings. The molecule has 0 aromatic rings. The number of carbonyl (C=O) groups excluding carboxylic acids is 1. The maximum Gasteiger partial charge on any atom is 0.271 e. The number of likely N-dealkylation sites (N-methyl/N-ethyl adjacent to an activating group) is 1. The fourth-order valence-electron chi connectivity index (χ4n) is 3.31. The van der Waals surface area contributed by atoms with Gasteiger partial charge in [-0.1, -0.05) is 0 Å². The molecule has 2 aliphatic heterocycles. The second kappa shape index (κ2) is 6.52. The van der Waals surface area contributed by atoms with E-state index < -0.39 is 48.2 Å². The molecule has 0 unspecified atom stereocenters. The minimum atomic E-state index is -4.59. The van der Waals surface area contributed by atoms with E-state index in [2.05, 4.69) is 5.32 Å². The first-order valence-corrected chi connectivity index (χ1v) is 11.1. The van der Waals surface area contributed by atoms with Crippen LogP contribution in [-0.2, 0) is 29.5 Å². The van der Waals surface area contributed by atoms with Crippen LogP contribution in [-0.4, -0.2) is 94.0 Å². The van der Waals surface area contributed by atoms with Crippen molar-refractivity contribution in [2.24, 2.45) is 0 Å². The summed E-state index contributed by atoms with van der Waals surface area (Å²) in [6, 6.07) is 0. The predicted molar refractivity (Wildman–Crippen MR) is 86.8 cm³/mol. The third kappa shape index (κ3) is 4.66. The number of nitrogens with one attached hydrogen (secondary N) is 1. The summed E-state index contributed by atoms with van der Waals surface area (Å²) in [6.07, 6.45) is 0.143. The van der Waals surface area contributed by atoms with Crippen LogP contribution in [0.3, 0.4) is 0 Å². The van der Waals surface area contributed by atoms with Crippen LogP contribution < -0.4 is 5.32 Å². The van der Waals surface area contributed by atoms with Gasteiger partial charge in [0.15, 0.2) is 9.84 Å². The van der Waals surface area contributed by atoms with E-state index in [4.69, 9.17) is 4.74 Å². The standard InChI is InChI=1S/C13H24N2O7S2/c1-13(10-23(17,18)9-11(13)24(19,20)21)14-12(16)3-4-15(2)5-7-22-8-6-15/h11H,3-10H2,1-2H3,(H-,14,16,19,20,21)/p+1/t11-,13-/m0/s1. The molecule has 0 radical (unpaired) electrons. The first-order chi connectivity index (χ1) is 10.9. The maximum atomic E-state index is 12.2. The first kappa shape index (κ1) is 19.6. The number of amides is 1. The minimum Gasteiger partial charge on any atom is -0.370 e. The van der Waals surface area contributed by atoms with Crippen molar-refractivity contribution in [1.29, 1.82) is 0 Å². The second-order valence-corrected chi connectivity index (χ2v) is 10.9. The van der Waals surface area contributed by atoms with E-state index in [-0.39, 0.29) is 6.42 Å². The van der Waals surface area contributed by atoms with Crippen molar-refractivity contribution in [3.63, 3.8) is 0 Å². The van der Waals surface area contributed by atoms with Gasteiger partial charge in [-0.2, -0.15) is 8.42 Å². The monoisotopic (exact) mass is 385 g/mol. The number of morpholine rings is 1. The third-order valence-corrected chi connectivity index (χ3v) is 8.35. The molecular formula is C13H25N2O7S2+. The van der Waals surface area contributed by atoms with E-state index in [0.717, 1.165) is 13.1 Å². The average Bonchev–Trinajstić information content (AvgIpc) is 2.67. The molecule has 0 saturated carbocycles. The van der Waals surface area contributed by atoms with Crippen molar-refractivity contribution < 1.29 is 35.4 Å². The van der Waals surface area contributed by atoms with Crippen molar-refractivity contribution in [3.8, 4) is 0 Å². The topological polar surface area (TPSA) is 127 Å². The molecule has 2 saturated heterocycles. The van der Waals surface area contributed by atoms with Gasteiger partial charge in [0.2, 0.25) is 5.91 Å². The van der Waals surface area contributed by atoms with E-state index in [0.29, 0.717) is 24.2 Å². The lowest BCUT2D eigenvalue weighted by Gasteiger charge is -2.37. The van der Waals surface area contributed by atoms with Gasteiger partial charge in [0.25, 0.3) is 10.1 Å². The van der Waals surface area contributed by atoms with Crippen molar-refractivity contribution in [1.82, 2.24) is 5.32 Å². The summed E-state index contributed by atoms with van der Waals surface area (Å²) in [5.74, 6) is -1.61. The van der Waals surface area contributed by atoms with Gasteiger partial charge in [0, 0.05) is 0 Å². The van der Waals surface area contributed by atoms with Crippen LogP contribution in [0.1, 0.15) is 13.3 Å². The highest BCUT2D eigenvalue weighted by Gasteiger charge is 2.54. The molecule has 140 valence electrons. The van der Waals surface area contributed by atoms with Crippen LogP contribution >= 0.6 is 0 Å². The van der Waals surface area contributed by atoms with Gasteiger partial charge in [-0.05, 0) is 6.92 Å². The molecule has 0 aromatic carbocycles. The Morgan fingerprint density at radius 1 is 1.38 bits per heavy atom. The Hall–Kier alpha value is -0.750. The van der Waals surface area contributed by atoms with E-state index in [1.165, 1.54) is 6.92 Å². The third-order valence-electron chi connectivity index (χ3n) is 4.85. The van der Waals surface area contributed by atoms with Crippen LogP contribution in [0.5, 0.6) is 0 Å². The number of quaternary nitrogens is 1. The molecule has 9 nitrogen and oxygen atoms in total. The van der Waals surface area contributed by atoms with Crippen molar-refractivity contribution in [2.75, 3.05) is 51.4 Å². The van der Waals surface area contributed by atoms with E-state index >= 15 is 0 Å². The van der Waals surface area contributed by atoms with E-state index in [9.17, 15) is 26.2 Å². The molecule has 2 atom stereocenters. The number of rotatable bonds is 5. The highest BCUT2D eigenvalue weighted by Crippen LogP contribution is 2.29. The van der Waals surface area contributed by atoms with Gasteiger partial charge in [0.05, 0.1) is 50.3 Å². The molecule has 0 spiro atoms. The lowest BCUT2D eigenvalue weighted by Crippen LogP contribution is -2.58. The van der Waals surface area contributed by atoms with Crippen molar-refractivity contribution in [2.45, 2.75) is 24.1 Å². The summed E-state index contributed by atoms with van der Waals surface area (Å²) in [5.41, 5.74) is -1.52. The Morgan fingerprint density at radius 3 is 2.50 bits per heavy atom. The van der Waals surface area contributed by atoms with Gasteiger partial charge in [-0.3, -0.25) is 9.35 Å². The molecule has 2 rings (SSSR count). The van der Waals surface area contributed by atoms with E-state index in [1.807, 2.05) is 7.05 Å². The maximum absolute atomic E-state index is 12.2. The van der Waals surface area contributed by atoms with Gasteiger partial charge in [0.1, 0.15) is 18.3 Å². The predicted octanol–water partition coefficient (Wildman–Crippen LogP) is -1.59. The van der Waals surface area contributed by atoms with Gasteiger partial charge in [-0.15, -0.1) is 0 Å². The number of carbonyl (C=O) groups is 1. The van der Waals surface area contributed by atoms with Crippen molar-refractivity contribution >= 4 is 25.9 Å². The number of hydrogen-bond donors (Lipinski definition) is 2. The Kier molecular flexibility index (Phi) is 5.32. The van der Waals surface area contributed by atoms with Crippen molar-refractivity contribution in [3.05, 3.63) is 0 Å². The molecule has 11 heteroatoms. The molecular weight excluding hydrogens is 360 g/mol. The zero-order valence-corrected chi connectivity index (χ0v) is 15.5. The average molecular weight is 385 g/mol. The Bertz CT molecular complexity index is 698. The molecule has 0 bridgehead atoms. The summed E-state index contributed by atoms with van der Waals surface area (Å²) in [4.78, 5) is 12.2. The summed E-state index contributed by atoms with van der Waals surface area (Å²) in [7, 11) is -6.23. The molecule has 0 aromatic heterocycles. The number of sulfone groups is 1. The molecule has 2 aliphatic rings. The Balaban J connectivity index is 2.03. The van der Waals surface area contributed by atoms with Crippen LogP contribution in [0.25, 0.3) is 0 Å². The Labute approximate surface area is 142 Å². The quantitative estimate of drug-likeness (QED) is 0.432. The largest absolute Gasteiger partial charge is 0.370 e. The molecule has 0 aliphatic carbocycles. The van der Waals surface area contributed by atoms with Gasteiger partial charge in [-0.25, -0.2) is 8.42 Å². The molecule has 1 amide bonds. The van der Waals surface area contributed by atoms with Crippen LogP contribution in [0.2, 0.25) is 0 Å². The minimum absolute atomic E-state index is 0.143. The molecule has 24 heavy (non-hydrogen) atoms. The van der Waals surface area contributed by atoms with Crippen LogP contribution in [0, 0.1) is 0 Å². The summed E-state index contributed by atoms with van der Waals surface area (Å²) < 4.78 is 61.9. The first-order valence-electron chi connectivity index (χ1n) is 7.74. The zero-order valence-electron chi connectivity index (χ0n) is 13.9. The van der Waals surface area contributed by atoms with E-state index in [1.54, 1.807) is 0 Å². The highest BCUT2D eigenvalue weighted by atomic mass is 32.2. The SMILES string of the molecule is C[C@]1(NC(=O)CC[N+]2(C)CCOCC2)CS(=O)(=O)C[C@@H]1S(=O)(=O)O. The lowest BCUT2D eigenvalue weighted by molar-refractivity contribution is -0.916. The molecule has 2 N–H and O–H groups in total. The van der Waals surface area contributed by atoms with Crippen LogP contribution in [0.15, 0.2) is 0 Å².